The highest BCUT2D eigenvalue weighted by Gasteiger charge is 2.39. The molecule has 1 aliphatic rings. The van der Waals surface area contributed by atoms with Crippen LogP contribution in [0.4, 0.5) is 4.79 Å². The van der Waals surface area contributed by atoms with Gasteiger partial charge < -0.3 is 14.2 Å². The minimum Gasteiger partial charge on any atom is -0.443 e. The first kappa shape index (κ1) is 20.1. The quantitative estimate of drug-likeness (QED) is 0.364. The predicted molar refractivity (Wildman–Crippen MR) is 106 cm³/mol. The smallest absolute Gasteiger partial charge is 0.419 e. The first-order valence-corrected chi connectivity index (χ1v) is 9.38. The van der Waals surface area contributed by atoms with E-state index in [9.17, 15) is 14.4 Å². The van der Waals surface area contributed by atoms with Crippen molar-refractivity contribution in [3.05, 3.63) is 40.0 Å². The highest BCUT2D eigenvalue weighted by molar-refractivity contribution is 9.10. The van der Waals surface area contributed by atoms with Crippen LogP contribution < -0.4 is 0 Å². The molecule has 3 rings (SSSR count). The summed E-state index contributed by atoms with van der Waals surface area (Å²) in [5, 5.41) is 0.645. The number of halogens is 1. The summed E-state index contributed by atoms with van der Waals surface area (Å²) in [7, 11) is 0. The first-order chi connectivity index (χ1) is 12.9. The Labute approximate surface area is 170 Å². The van der Waals surface area contributed by atoms with Gasteiger partial charge in [-0.3, -0.25) is 4.57 Å². The van der Waals surface area contributed by atoms with Crippen LogP contribution in [0.25, 0.3) is 17.0 Å². The fraction of sp³-hybridized carbons (Fsp3) is 0.350. The molecule has 1 saturated heterocycles. The van der Waals surface area contributed by atoms with E-state index >= 15 is 0 Å². The number of esters is 2. The highest BCUT2D eigenvalue weighted by atomic mass is 79.9. The van der Waals surface area contributed by atoms with E-state index in [-0.39, 0.29) is 5.57 Å². The van der Waals surface area contributed by atoms with Gasteiger partial charge in [-0.2, -0.15) is 0 Å². The molecule has 0 radical (unpaired) electrons. The van der Waals surface area contributed by atoms with Gasteiger partial charge in [0.15, 0.2) is 0 Å². The van der Waals surface area contributed by atoms with Crippen LogP contribution in [0, 0.1) is 0 Å². The first-order valence-electron chi connectivity index (χ1n) is 8.59. The maximum atomic E-state index is 12.5. The summed E-state index contributed by atoms with van der Waals surface area (Å²) < 4.78 is 17.7. The molecule has 0 atom stereocenters. The van der Waals surface area contributed by atoms with Crippen LogP contribution in [0.15, 0.2) is 34.4 Å². The average molecular weight is 450 g/mol. The molecule has 0 saturated carbocycles. The van der Waals surface area contributed by atoms with Crippen molar-refractivity contribution < 1.29 is 28.6 Å². The Kier molecular flexibility index (Phi) is 4.87. The van der Waals surface area contributed by atoms with Crippen LogP contribution in [0.5, 0.6) is 0 Å². The van der Waals surface area contributed by atoms with Gasteiger partial charge in [0.2, 0.25) is 0 Å². The second kappa shape index (κ2) is 6.77. The molecule has 0 unspecified atom stereocenters. The standard InChI is InChI=1S/C20H20BrNO6/c1-19(2,3)28-18(25)22-10-13(21)15-11(7-6-8-14(15)22)9-12-16(23)26-20(4,5)27-17(12)24/h6-10H,1-5H3. The Bertz CT molecular complexity index is 1000. The summed E-state index contributed by atoms with van der Waals surface area (Å²) in [5.41, 5.74) is 0.245. The zero-order valence-corrected chi connectivity index (χ0v) is 17.7. The molecule has 1 aromatic carbocycles. The predicted octanol–water partition coefficient (Wildman–Crippen LogP) is 4.41. The second-order valence-corrected chi connectivity index (χ2v) is 8.66. The van der Waals surface area contributed by atoms with Crippen LogP contribution in [0.1, 0.15) is 40.2 Å². The van der Waals surface area contributed by atoms with Gasteiger partial charge >= 0.3 is 18.0 Å². The number of benzene rings is 1. The van der Waals surface area contributed by atoms with E-state index in [2.05, 4.69) is 15.9 Å². The van der Waals surface area contributed by atoms with Crippen LogP contribution >= 0.6 is 15.9 Å². The van der Waals surface area contributed by atoms with Gasteiger partial charge in [-0.25, -0.2) is 14.4 Å². The molecule has 8 heteroatoms. The van der Waals surface area contributed by atoms with Crippen molar-refractivity contribution in [2.75, 3.05) is 0 Å². The van der Waals surface area contributed by atoms with E-state index in [1.807, 2.05) is 0 Å². The summed E-state index contributed by atoms with van der Waals surface area (Å²) in [5.74, 6) is -2.83. The van der Waals surface area contributed by atoms with E-state index in [4.69, 9.17) is 14.2 Å². The van der Waals surface area contributed by atoms with E-state index in [1.165, 1.54) is 24.5 Å². The van der Waals surface area contributed by atoms with E-state index in [0.717, 1.165) is 0 Å². The monoisotopic (exact) mass is 449 g/mol. The number of hydrogen-bond acceptors (Lipinski definition) is 6. The van der Waals surface area contributed by atoms with Crippen LogP contribution in [-0.2, 0) is 23.8 Å². The third-order valence-corrected chi connectivity index (χ3v) is 4.42. The number of hydrogen-bond donors (Lipinski definition) is 0. The van der Waals surface area contributed by atoms with Gasteiger partial charge in [-0.15, -0.1) is 0 Å². The molecule has 2 heterocycles. The van der Waals surface area contributed by atoms with Gasteiger partial charge in [-0.1, -0.05) is 12.1 Å². The summed E-state index contributed by atoms with van der Waals surface area (Å²) in [6.07, 6.45) is 2.44. The molecule has 0 spiro atoms. The molecular weight excluding hydrogens is 430 g/mol. The van der Waals surface area contributed by atoms with Crippen molar-refractivity contribution in [1.29, 1.82) is 0 Å². The Morgan fingerprint density at radius 2 is 1.79 bits per heavy atom. The third-order valence-electron chi connectivity index (χ3n) is 3.82. The average Bonchev–Trinajstić information content (AvgIpc) is 2.86. The van der Waals surface area contributed by atoms with Crippen LogP contribution in [0.3, 0.4) is 0 Å². The summed E-state index contributed by atoms with van der Waals surface area (Å²) in [6.45, 7) is 8.31. The lowest BCUT2D eigenvalue weighted by atomic mass is 10.1. The zero-order valence-electron chi connectivity index (χ0n) is 16.2. The molecule has 0 amide bonds. The fourth-order valence-corrected chi connectivity index (χ4v) is 3.42. The molecule has 28 heavy (non-hydrogen) atoms. The van der Waals surface area contributed by atoms with Crippen molar-refractivity contribution in [3.63, 3.8) is 0 Å². The Morgan fingerprint density at radius 3 is 2.36 bits per heavy atom. The van der Waals surface area contributed by atoms with Crippen molar-refractivity contribution in [1.82, 2.24) is 4.57 Å². The molecule has 1 aliphatic heterocycles. The number of ether oxygens (including phenoxy) is 3. The van der Waals surface area contributed by atoms with Crippen molar-refractivity contribution in [2.45, 2.75) is 46.0 Å². The minimum atomic E-state index is -1.31. The fourth-order valence-electron chi connectivity index (χ4n) is 2.78. The molecule has 2 aromatic rings. The van der Waals surface area contributed by atoms with E-state index in [0.29, 0.717) is 20.9 Å². The Morgan fingerprint density at radius 1 is 1.18 bits per heavy atom. The number of cyclic esters (lactones) is 2. The highest BCUT2D eigenvalue weighted by Crippen LogP contribution is 2.32. The topological polar surface area (TPSA) is 83.8 Å². The van der Waals surface area contributed by atoms with E-state index in [1.54, 1.807) is 45.2 Å². The lowest BCUT2D eigenvalue weighted by Gasteiger charge is -2.29. The van der Waals surface area contributed by atoms with Crippen molar-refractivity contribution in [3.8, 4) is 0 Å². The van der Waals surface area contributed by atoms with Crippen molar-refractivity contribution >= 4 is 50.9 Å². The number of carbonyl (C=O) groups is 3. The Balaban J connectivity index is 2.08. The summed E-state index contributed by atoms with van der Waals surface area (Å²) in [4.78, 5) is 37.0. The van der Waals surface area contributed by atoms with Crippen LogP contribution in [0.2, 0.25) is 0 Å². The molecule has 1 aromatic heterocycles. The maximum Gasteiger partial charge on any atom is 0.419 e. The SMILES string of the molecule is CC(C)(C)OC(=O)n1cc(Br)c2c(C=C3C(=O)OC(C)(C)OC3=O)cccc21. The molecular formula is C20H20BrNO6. The van der Waals surface area contributed by atoms with Crippen molar-refractivity contribution in [2.24, 2.45) is 0 Å². The number of carbonyl (C=O) groups excluding carboxylic acids is 3. The zero-order chi connectivity index (χ0) is 20.9. The Hall–Kier alpha value is -2.61. The number of aromatic nitrogens is 1. The molecule has 0 N–H and O–H groups in total. The molecule has 148 valence electrons. The summed E-state index contributed by atoms with van der Waals surface area (Å²) in [6, 6.07) is 5.18. The van der Waals surface area contributed by atoms with Crippen LogP contribution in [-0.4, -0.2) is 34.0 Å². The lowest BCUT2D eigenvalue weighted by molar-refractivity contribution is -0.222. The summed E-state index contributed by atoms with van der Waals surface area (Å²) >= 11 is 3.44. The van der Waals surface area contributed by atoms with Gasteiger partial charge in [0.1, 0.15) is 11.2 Å². The lowest BCUT2D eigenvalue weighted by Crippen LogP contribution is -2.41. The minimum absolute atomic E-state index is 0.219. The van der Waals surface area contributed by atoms with Gasteiger partial charge in [0, 0.05) is 29.9 Å². The molecule has 7 nitrogen and oxygen atoms in total. The third kappa shape index (κ3) is 3.96. The molecule has 0 aliphatic carbocycles. The van der Waals surface area contributed by atoms with Gasteiger partial charge in [-0.05, 0) is 54.4 Å². The molecule has 1 fully saturated rings. The van der Waals surface area contributed by atoms with E-state index < -0.39 is 29.4 Å². The second-order valence-electron chi connectivity index (χ2n) is 7.81. The maximum absolute atomic E-state index is 12.5. The largest absolute Gasteiger partial charge is 0.443 e. The number of rotatable bonds is 1. The normalized spacial score (nSPS) is 16.6. The number of fused-ring (bicyclic) bond motifs is 1. The van der Waals surface area contributed by atoms with Gasteiger partial charge in [0.25, 0.3) is 5.79 Å². The van der Waals surface area contributed by atoms with Gasteiger partial charge in [0.05, 0.1) is 5.52 Å². The number of nitrogens with zero attached hydrogens (tertiary/aromatic N) is 1. The molecule has 0 bridgehead atoms.